The number of aromatic nitrogens is 3. The van der Waals surface area contributed by atoms with E-state index in [-0.39, 0.29) is 11.4 Å². The number of benzene rings is 1. The first-order valence-electron chi connectivity index (χ1n) is 10.2. The summed E-state index contributed by atoms with van der Waals surface area (Å²) >= 11 is 0. The number of halogens is 2. The second-order valence-electron chi connectivity index (χ2n) is 7.48. The van der Waals surface area contributed by atoms with Crippen LogP contribution in [0.2, 0.25) is 0 Å². The summed E-state index contributed by atoms with van der Waals surface area (Å²) in [5, 5.41) is 3.03. The van der Waals surface area contributed by atoms with Crippen LogP contribution in [0.1, 0.15) is 23.7 Å². The maximum absolute atomic E-state index is 14.9. The number of sulfonamides is 1. The van der Waals surface area contributed by atoms with E-state index in [1.165, 1.54) is 6.20 Å². The van der Waals surface area contributed by atoms with Crippen molar-refractivity contribution in [2.45, 2.75) is 13.3 Å². The van der Waals surface area contributed by atoms with Gasteiger partial charge in [0.2, 0.25) is 10.0 Å². The average molecular weight is 487 g/mol. The summed E-state index contributed by atoms with van der Waals surface area (Å²) in [4.78, 5) is 24.0. The van der Waals surface area contributed by atoms with Gasteiger partial charge in [-0.1, -0.05) is 6.92 Å². The molecule has 0 unspecified atom stereocenters. The number of pyridine rings is 2. The SMILES string of the molecule is CCCS(=O)(=O)Nc1ccc(F)c(C(=O)Nc2cnc3[nH]c(-c4ccc(N)nc4)cc3c2)c1F. The van der Waals surface area contributed by atoms with Crippen LogP contribution in [0.3, 0.4) is 0 Å². The number of fused-ring (bicyclic) bond motifs is 1. The van der Waals surface area contributed by atoms with Crippen LogP contribution in [0.15, 0.2) is 48.8 Å². The van der Waals surface area contributed by atoms with E-state index in [4.69, 9.17) is 5.73 Å². The lowest BCUT2D eigenvalue weighted by Gasteiger charge is -2.12. The summed E-state index contributed by atoms with van der Waals surface area (Å²) in [5.41, 5.74) is 6.37. The standard InChI is InChI=1S/C22H20F2N6O3S/c1-2-7-34(32,33)30-16-5-4-15(23)19(20(16)24)22(31)28-14-8-13-9-17(29-21(13)27-11-14)12-3-6-18(25)26-10-12/h3-6,8-11,30H,2,7H2,1H3,(H2,25,26)(H,27,29)(H,28,31). The van der Waals surface area contributed by atoms with Gasteiger partial charge in [-0.25, -0.2) is 27.2 Å². The van der Waals surface area contributed by atoms with Gasteiger partial charge < -0.3 is 16.0 Å². The maximum atomic E-state index is 14.9. The number of aromatic amines is 1. The molecular formula is C22H20F2N6O3S. The van der Waals surface area contributed by atoms with Crippen molar-refractivity contribution < 1.29 is 22.0 Å². The zero-order valence-electron chi connectivity index (χ0n) is 17.9. The zero-order valence-corrected chi connectivity index (χ0v) is 18.7. The van der Waals surface area contributed by atoms with Crippen molar-refractivity contribution in [2.24, 2.45) is 0 Å². The van der Waals surface area contributed by atoms with E-state index in [0.717, 1.165) is 17.7 Å². The van der Waals surface area contributed by atoms with Gasteiger partial charge >= 0.3 is 0 Å². The lowest BCUT2D eigenvalue weighted by atomic mass is 10.1. The largest absolute Gasteiger partial charge is 0.384 e. The number of hydrogen-bond acceptors (Lipinski definition) is 6. The molecule has 176 valence electrons. The molecule has 0 fully saturated rings. The van der Waals surface area contributed by atoms with Crippen LogP contribution < -0.4 is 15.8 Å². The molecular weight excluding hydrogens is 466 g/mol. The Morgan fingerprint density at radius 1 is 1.12 bits per heavy atom. The van der Waals surface area contributed by atoms with Gasteiger partial charge in [-0.05, 0) is 42.8 Å². The van der Waals surface area contributed by atoms with Crippen molar-refractivity contribution in [2.75, 3.05) is 21.5 Å². The van der Waals surface area contributed by atoms with Crippen molar-refractivity contribution in [3.05, 3.63) is 66.0 Å². The van der Waals surface area contributed by atoms with Gasteiger partial charge in [-0.3, -0.25) is 9.52 Å². The van der Waals surface area contributed by atoms with Crippen LogP contribution in [0, 0.1) is 11.6 Å². The molecule has 0 spiro atoms. The molecule has 4 rings (SSSR count). The van der Waals surface area contributed by atoms with Gasteiger partial charge in [0.1, 0.15) is 22.8 Å². The second kappa shape index (κ2) is 9.06. The Kier molecular flexibility index (Phi) is 6.16. The molecule has 0 aliphatic heterocycles. The van der Waals surface area contributed by atoms with E-state index >= 15 is 0 Å². The first-order chi connectivity index (χ1) is 16.2. The van der Waals surface area contributed by atoms with E-state index in [0.29, 0.717) is 29.0 Å². The van der Waals surface area contributed by atoms with E-state index in [9.17, 15) is 22.0 Å². The Morgan fingerprint density at radius 3 is 2.62 bits per heavy atom. The van der Waals surface area contributed by atoms with E-state index < -0.39 is 38.8 Å². The molecule has 12 heteroatoms. The third-order valence-corrected chi connectivity index (χ3v) is 6.36. The van der Waals surface area contributed by atoms with Gasteiger partial charge in [-0.2, -0.15) is 0 Å². The second-order valence-corrected chi connectivity index (χ2v) is 9.32. The number of carbonyl (C=O) groups excluding carboxylic acids is 1. The molecule has 0 aliphatic rings. The Morgan fingerprint density at radius 2 is 1.91 bits per heavy atom. The summed E-state index contributed by atoms with van der Waals surface area (Å²) < 4.78 is 55.2. The topological polar surface area (TPSA) is 143 Å². The molecule has 0 saturated heterocycles. The number of carbonyl (C=O) groups is 1. The predicted molar refractivity (Wildman–Crippen MR) is 126 cm³/mol. The van der Waals surface area contributed by atoms with E-state index in [1.54, 1.807) is 37.4 Å². The van der Waals surface area contributed by atoms with Crippen molar-refractivity contribution >= 4 is 44.2 Å². The molecule has 0 radical (unpaired) electrons. The lowest BCUT2D eigenvalue weighted by Crippen LogP contribution is -2.20. The molecule has 1 amide bonds. The molecule has 3 aromatic heterocycles. The van der Waals surface area contributed by atoms with Crippen LogP contribution in [0.5, 0.6) is 0 Å². The number of rotatable bonds is 7. The van der Waals surface area contributed by atoms with Crippen LogP contribution in [-0.2, 0) is 10.0 Å². The Hall–Kier alpha value is -4.06. The van der Waals surface area contributed by atoms with E-state index in [2.05, 4.69) is 20.3 Å². The summed E-state index contributed by atoms with van der Waals surface area (Å²) in [5.74, 6) is -3.41. The first kappa shape index (κ1) is 23.1. The Labute approximate surface area is 193 Å². The van der Waals surface area contributed by atoms with Gasteiger partial charge in [0.15, 0.2) is 5.82 Å². The fourth-order valence-electron chi connectivity index (χ4n) is 3.32. The quantitative estimate of drug-likeness (QED) is 0.312. The van der Waals surface area contributed by atoms with Crippen molar-refractivity contribution in [3.63, 3.8) is 0 Å². The smallest absolute Gasteiger partial charge is 0.261 e. The predicted octanol–water partition coefficient (Wildman–Crippen LogP) is 3.89. The first-order valence-corrected chi connectivity index (χ1v) is 11.8. The van der Waals surface area contributed by atoms with Gasteiger partial charge in [0.05, 0.1) is 23.3 Å². The number of hydrogen-bond donors (Lipinski definition) is 4. The maximum Gasteiger partial charge on any atom is 0.261 e. The minimum atomic E-state index is -3.84. The van der Waals surface area contributed by atoms with Crippen LogP contribution in [0.25, 0.3) is 22.3 Å². The molecule has 0 bridgehead atoms. The van der Waals surface area contributed by atoms with E-state index in [1.807, 2.05) is 4.72 Å². The molecule has 3 heterocycles. The number of nitrogens with one attached hydrogen (secondary N) is 3. The van der Waals surface area contributed by atoms with Crippen molar-refractivity contribution in [1.82, 2.24) is 15.0 Å². The summed E-state index contributed by atoms with van der Waals surface area (Å²) in [6.07, 6.45) is 3.22. The monoisotopic (exact) mass is 486 g/mol. The molecule has 9 nitrogen and oxygen atoms in total. The summed E-state index contributed by atoms with van der Waals surface area (Å²) in [6.45, 7) is 1.64. The van der Waals surface area contributed by atoms with Gasteiger partial charge in [-0.15, -0.1) is 0 Å². The highest BCUT2D eigenvalue weighted by Crippen LogP contribution is 2.26. The number of nitrogens with two attached hydrogens (primary N) is 1. The number of H-pyrrole nitrogens is 1. The summed E-state index contributed by atoms with van der Waals surface area (Å²) in [7, 11) is -3.84. The molecule has 0 atom stereocenters. The Bertz CT molecular complexity index is 1490. The van der Waals surface area contributed by atoms with Crippen LogP contribution >= 0.6 is 0 Å². The number of amides is 1. The molecule has 4 aromatic rings. The van der Waals surface area contributed by atoms with Gasteiger partial charge in [0.25, 0.3) is 5.91 Å². The molecule has 34 heavy (non-hydrogen) atoms. The van der Waals surface area contributed by atoms with Crippen molar-refractivity contribution in [3.8, 4) is 11.3 Å². The zero-order chi connectivity index (χ0) is 24.5. The number of nitrogens with zero attached hydrogens (tertiary/aromatic N) is 2. The highest BCUT2D eigenvalue weighted by Gasteiger charge is 2.23. The lowest BCUT2D eigenvalue weighted by molar-refractivity contribution is 0.101. The molecule has 0 aliphatic carbocycles. The molecule has 1 aromatic carbocycles. The summed E-state index contributed by atoms with van der Waals surface area (Å²) in [6, 6.07) is 8.53. The highest BCUT2D eigenvalue weighted by molar-refractivity contribution is 7.92. The van der Waals surface area contributed by atoms with Crippen LogP contribution in [-0.4, -0.2) is 35.0 Å². The Balaban J connectivity index is 1.60. The number of anilines is 3. The normalized spacial score (nSPS) is 11.5. The third-order valence-electron chi connectivity index (χ3n) is 4.88. The fourth-order valence-corrected chi connectivity index (χ4v) is 4.46. The van der Waals surface area contributed by atoms with Gasteiger partial charge in [0, 0.05) is 22.8 Å². The minimum absolute atomic E-state index is 0.189. The highest BCUT2D eigenvalue weighted by atomic mass is 32.2. The third kappa shape index (κ3) is 4.81. The average Bonchev–Trinajstić information content (AvgIpc) is 3.19. The number of nitrogen functional groups attached to an aromatic ring is 1. The molecule has 0 saturated carbocycles. The minimum Gasteiger partial charge on any atom is -0.384 e. The van der Waals surface area contributed by atoms with Crippen molar-refractivity contribution in [1.29, 1.82) is 0 Å². The van der Waals surface area contributed by atoms with Crippen LogP contribution in [0.4, 0.5) is 26.0 Å². The fraction of sp³-hybridized carbons (Fsp3) is 0.136. The molecule has 5 N–H and O–H groups in total.